The molecule has 1 aliphatic heterocycles. The molecule has 0 spiro atoms. The molecule has 9 heteroatoms. The molecule has 1 N–H and O–H groups in total. The number of sulfonamides is 1. The number of benzene rings is 1. The van der Waals surface area contributed by atoms with E-state index < -0.39 is 39.7 Å². The molecule has 1 aromatic carbocycles. The number of nitrogens with one attached hydrogen (secondary N) is 1. The van der Waals surface area contributed by atoms with E-state index in [-0.39, 0.29) is 24.0 Å². The zero-order chi connectivity index (χ0) is 23.4. The second-order valence-electron chi connectivity index (χ2n) is 9.05. The number of para-hydroxylation sites is 1. The predicted molar refractivity (Wildman–Crippen MR) is 122 cm³/mol. The topological polar surface area (TPSA) is 86.8 Å². The molecule has 2 amide bonds. The zero-order valence-electron chi connectivity index (χ0n) is 19.0. The van der Waals surface area contributed by atoms with Crippen LogP contribution < -0.4 is 10.2 Å². The first kappa shape index (κ1) is 24.6. The third kappa shape index (κ3) is 5.31. The van der Waals surface area contributed by atoms with Gasteiger partial charge in [0, 0.05) is 12.6 Å². The van der Waals surface area contributed by atoms with E-state index in [1.807, 2.05) is 0 Å². The second-order valence-corrected chi connectivity index (χ2v) is 11.1. The molecule has 1 aliphatic carbocycles. The van der Waals surface area contributed by atoms with Gasteiger partial charge in [-0.3, -0.25) is 14.5 Å². The van der Waals surface area contributed by atoms with Crippen molar-refractivity contribution >= 4 is 27.5 Å². The summed E-state index contributed by atoms with van der Waals surface area (Å²) in [6.07, 6.45) is 7.52. The smallest absolute Gasteiger partial charge is 0.247 e. The van der Waals surface area contributed by atoms with Crippen LogP contribution in [0.2, 0.25) is 0 Å². The van der Waals surface area contributed by atoms with Gasteiger partial charge in [-0.1, -0.05) is 51.2 Å². The number of carbonyl (C=O) groups excluding carboxylic acids is 2. The Bertz CT molecular complexity index is 931. The number of anilines is 1. The number of rotatable bonds is 6. The number of amides is 2. The van der Waals surface area contributed by atoms with Gasteiger partial charge in [0.25, 0.3) is 0 Å². The first-order valence-electron chi connectivity index (χ1n) is 11.6. The molecular formula is C23H34FN3O4S. The van der Waals surface area contributed by atoms with E-state index in [0.717, 1.165) is 47.7 Å². The second kappa shape index (κ2) is 10.3. The lowest BCUT2D eigenvalue weighted by molar-refractivity contribution is -0.133. The summed E-state index contributed by atoms with van der Waals surface area (Å²) in [6, 6.07) is 5.75. The van der Waals surface area contributed by atoms with Crippen LogP contribution in [0.15, 0.2) is 24.3 Å². The largest absolute Gasteiger partial charge is 0.351 e. The fourth-order valence-electron chi connectivity index (χ4n) is 4.70. The van der Waals surface area contributed by atoms with Crippen molar-refractivity contribution in [3.05, 3.63) is 30.1 Å². The fourth-order valence-corrected chi connectivity index (χ4v) is 6.23. The normalized spacial score (nSPS) is 24.1. The van der Waals surface area contributed by atoms with Gasteiger partial charge in [0.05, 0.1) is 18.0 Å². The Hall–Kier alpha value is -2.00. The van der Waals surface area contributed by atoms with Gasteiger partial charge >= 0.3 is 0 Å². The average molecular weight is 468 g/mol. The van der Waals surface area contributed by atoms with E-state index in [0.29, 0.717) is 6.42 Å². The number of piperazine rings is 1. The molecule has 2 fully saturated rings. The van der Waals surface area contributed by atoms with E-state index in [1.54, 1.807) is 13.0 Å². The fraction of sp³-hybridized carbons (Fsp3) is 0.652. The van der Waals surface area contributed by atoms with Crippen LogP contribution in [0, 0.1) is 5.82 Å². The summed E-state index contributed by atoms with van der Waals surface area (Å²) in [5, 5.41) is 3.06. The van der Waals surface area contributed by atoms with Gasteiger partial charge in [-0.05, 0) is 38.3 Å². The summed E-state index contributed by atoms with van der Waals surface area (Å²) in [4.78, 5) is 28.0. The molecule has 0 radical (unpaired) electrons. The van der Waals surface area contributed by atoms with Crippen LogP contribution in [0.4, 0.5) is 10.1 Å². The van der Waals surface area contributed by atoms with Crippen molar-refractivity contribution in [1.29, 1.82) is 0 Å². The standard InChI is InChI=1S/C23H34FN3O4S/c1-3-15-32(30,31)26-16-21(28)27(20-14-10-9-13-19(20)24)23(2,17-26)22(29)25-18-11-7-5-4-6-8-12-18/h9-10,13-14,18H,3-8,11-12,15-17H2,1-2H3,(H,25,29)/t23-/m1/s1. The summed E-state index contributed by atoms with van der Waals surface area (Å²) in [6.45, 7) is 2.65. The van der Waals surface area contributed by atoms with Gasteiger partial charge in [0.2, 0.25) is 21.8 Å². The molecule has 2 aliphatic rings. The molecule has 1 heterocycles. The highest BCUT2D eigenvalue weighted by Gasteiger charge is 2.51. The molecule has 1 atom stereocenters. The minimum atomic E-state index is -3.72. The molecule has 178 valence electrons. The van der Waals surface area contributed by atoms with Gasteiger partial charge in [0.15, 0.2) is 0 Å². The molecule has 0 unspecified atom stereocenters. The van der Waals surface area contributed by atoms with Crippen LogP contribution >= 0.6 is 0 Å². The van der Waals surface area contributed by atoms with Crippen molar-refractivity contribution < 1.29 is 22.4 Å². The summed E-state index contributed by atoms with van der Waals surface area (Å²) in [5.41, 5.74) is -1.58. The Kier molecular flexibility index (Phi) is 7.92. The zero-order valence-corrected chi connectivity index (χ0v) is 19.8. The predicted octanol–water partition coefficient (Wildman–Crippen LogP) is 3.20. The van der Waals surface area contributed by atoms with Crippen molar-refractivity contribution in [3.8, 4) is 0 Å². The Morgan fingerprint density at radius 3 is 2.41 bits per heavy atom. The van der Waals surface area contributed by atoms with E-state index in [9.17, 15) is 22.4 Å². The monoisotopic (exact) mass is 467 g/mol. The first-order valence-corrected chi connectivity index (χ1v) is 13.2. The minimum absolute atomic E-state index is 0.0136. The SMILES string of the molecule is CCCS(=O)(=O)N1CC(=O)N(c2ccccc2F)[C@@](C)(C(=O)NC2CCCCCCC2)C1. The van der Waals surface area contributed by atoms with E-state index in [1.165, 1.54) is 31.5 Å². The molecule has 7 nitrogen and oxygen atoms in total. The van der Waals surface area contributed by atoms with Crippen molar-refractivity contribution in [2.45, 2.75) is 76.8 Å². The molecule has 1 saturated carbocycles. The van der Waals surface area contributed by atoms with Crippen LogP contribution in [-0.4, -0.2) is 55.0 Å². The van der Waals surface area contributed by atoms with Gasteiger partial charge in [-0.25, -0.2) is 12.8 Å². The van der Waals surface area contributed by atoms with Crippen molar-refractivity contribution in [2.24, 2.45) is 0 Å². The lowest BCUT2D eigenvalue weighted by Gasteiger charge is -2.47. The van der Waals surface area contributed by atoms with Crippen molar-refractivity contribution in [1.82, 2.24) is 9.62 Å². The molecule has 32 heavy (non-hydrogen) atoms. The summed E-state index contributed by atoms with van der Waals surface area (Å²) in [5.74, 6) is -1.80. The van der Waals surface area contributed by atoms with E-state index >= 15 is 0 Å². The number of nitrogens with zero attached hydrogens (tertiary/aromatic N) is 2. The van der Waals surface area contributed by atoms with Gasteiger partial charge in [0.1, 0.15) is 11.4 Å². The lowest BCUT2D eigenvalue weighted by Crippen LogP contribution is -2.71. The maximum atomic E-state index is 14.7. The molecule has 0 aromatic heterocycles. The summed E-state index contributed by atoms with van der Waals surface area (Å²) in [7, 11) is -3.72. The first-order chi connectivity index (χ1) is 15.2. The summed E-state index contributed by atoms with van der Waals surface area (Å²) < 4.78 is 41.3. The van der Waals surface area contributed by atoms with Crippen LogP contribution in [0.3, 0.4) is 0 Å². The molecule has 0 bridgehead atoms. The van der Waals surface area contributed by atoms with Gasteiger partial charge in [-0.15, -0.1) is 0 Å². The highest BCUT2D eigenvalue weighted by molar-refractivity contribution is 7.89. The van der Waals surface area contributed by atoms with Crippen LogP contribution in [-0.2, 0) is 19.6 Å². The number of carbonyl (C=O) groups is 2. The molecule has 3 rings (SSSR count). The lowest BCUT2D eigenvalue weighted by atomic mass is 9.92. The molecular weight excluding hydrogens is 433 g/mol. The number of hydrogen-bond acceptors (Lipinski definition) is 4. The molecule has 1 saturated heterocycles. The third-order valence-corrected chi connectivity index (χ3v) is 8.39. The van der Waals surface area contributed by atoms with E-state index in [4.69, 9.17) is 0 Å². The van der Waals surface area contributed by atoms with Crippen molar-refractivity contribution in [2.75, 3.05) is 23.7 Å². The van der Waals surface area contributed by atoms with Crippen molar-refractivity contribution in [3.63, 3.8) is 0 Å². The van der Waals surface area contributed by atoms with Crippen LogP contribution in [0.5, 0.6) is 0 Å². The average Bonchev–Trinajstić information content (AvgIpc) is 2.70. The Morgan fingerprint density at radius 1 is 1.16 bits per heavy atom. The maximum Gasteiger partial charge on any atom is 0.247 e. The third-order valence-electron chi connectivity index (χ3n) is 6.42. The Balaban J connectivity index is 1.96. The van der Waals surface area contributed by atoms with Gasteiger partial charge < -0.3 is 5.32 Å². The van der Waals surface area contributed by atoms with Crippen LogP contribution in [0.25, 0.3) is 0 Å². The van der Waals surface area contributed by atoms with Gasteiger partial charge in [-0.2, -0.15) is 4.31 Å². The quantitative estimate of drug-likeness (QED) is 0.696. The highest BCUT2D eigenvalue weighted by atomic mass is 32.2. The maximum absolute atomic E-state index is 14.7. The minimum Gasteiger partial charge on any atom is -0.351 e. The number of hydrogen-bond donors (Lipinski definition) is 1. The molecule has 1 aromatic rings. The highest BCUT2D eigenvalue weighted by Crippen LogP contribution is 2.33. The summed E-state index contributed by atoms with van der Waals surface area (Å²) >= 11 is 0. The number of halogens is 1. The van der Waals surface area contributed by atoms with Crippen LogP contribution in [0.1, 0.15) is 65.2 Å². The Labute approximate surface area is 190 Å². The Morgan fingerprint density at radius 2 is 1.78 bits per heavy atom. The van der Waals surface area contributed by atoms with E-state index in [2.05, 4.69) is 5.32 Å².